The van der Waals surface area contributed by atoms with Crippen LogP contribution < -0.4 is 10.5 Å². The third-order valence-corrected chi connectivity index (χ3v) is 8.00. The van der Waals surface area contributed by atoms with E-state index in [1.165, 1.54) is 6.07 Å². The van der Waals surface area contributed by atoms with Crippen molar-refractivity contribution in [3.63, 3.8) is 0 Å². The van der Waals surface area contributed by atoms with E-state index in [0.717, 1.165) is 41.6 Å². The summed E-state index contributed by atoms with van der Waals surface area (Å²) >= 11 is 0. The third-order valence-electron chi connectivity index (χ3n) is 8.00. The molecule has 1 amide bonds. The summed E-state index contributed by atoms with van der Waals surface area (Å²) in [6.07, 6.45) is 8.41. The number of halogens is 2. The van der Waals surface area contributed by atoms with Crippen LogP contribution in [0.2, 0.25) is 0 Å². The van der Waals surface area contributed by atoms with Gasteiger partial charge in [0.1, 0.15) is 17.9 Å². The van der Waals surface area contributed by atoms with E-state index < -0.39 is 12.2 Å². The van der Waals surface area contributed by atoms with Crippen LogP contribution in [0.5, 0.6) is 5.75 Å². The number of benzene rings is 1. The number of carbonyl (C=O) groups is 1. The smallest absolute Gasteiger partial charge is 0.387 e. The van der Waals surface area contributed by atoms with Crippen LogP contribution in [-0.2, 0) is 5.54 Å². The van der Waals surface area contributed by atoms with Gasteiger partial charge in [-0.1, -0.05) is 6.07 Å². The van der Waals surface area contributed by atoms with E-state index in [9.17, 15) is 13.6 Å². The van der Waals surface area contributed by atoms with Gasteiger partial charge in [-0.3, -0.25) is 4.79 Å². The van der Waals surface area contributed by atoms with Crippen molar-refractivity contribution in [2.45, 2.75) is 49.8 Å². The minimum absolute atomic E-state index is 0.0112. The maximum Gasteiger partial charge on any atom is 0.387 e. The van der Waals surface area contributed by atoms with Crippen molar-refractivity contribution in [1.29, 1.82) is 0 Å². The number of nitrogens with two attached hydrogens (primary N) is 1. The lowest BCUT2D eigenvalue weighted by Gasteiger charge is -2.36. The number of carbonyl (C=O) groups excluding carboxylic acids is 1. The quantitative estimate of drug-likeness (QED) is 0.451. The lowest BCUT2D eigenvalue weighted by molar-refractivity contribution is -0.0505. The topological polar surface area (TPSA) is 112 Å². The Morgan fingerprint density at radius 1 is 1.16 bits per heavy atom. The lowest BCUT2D eigenvalue weighted by Crippen LogP contribution is -2.44. The van der Waals surface area contributed by atoms with Gasteiger partial charge in [-0.25, -0.2) is 19.5 Å². The molecule has 2 bridgehead atoms. The molecule has 0 saturated heterocycles. The van der Waals surface area contributed by atoms with Crippen LogP contribution in [0, 0.1) is 0 Å². The third kappa shape index (κ3) is 3.19. The van der Waals surface area contributed by atoms with E-state index in [1.54, 1.807) is 47.3 Å². The highest BCUT2D eigenvalue weighted by molar-refractivity contribution is 5.98. The van der Waals surface area contributed by atoms with Crippen LogP contribution in [0.1, 0.15) is 70.6 Å². The van der Waals surface area contributed by atoms with Crippen molar-refractivity contribution in [2.75, 3.05) is 7.05 Å². The van der Waals surface area contributed by atoms with Gasteiger partial charge in [0.25, 0.3) is 5.91 Å². The maximum atomic E-state index is 13.3. The second-order valence-electron chi connectivity index (χ2n) is 10.0. The first-order valence-corrected chi connectivity index (χ1v) is 12.2. The predicted molar refractivity (Wildman–Crippen MR) is 128 cm³/mol. The van der Waals surface area contributed by atoms with E-state index >= 15 is 0 Å². The fourth-order valence-electron chi connectivity index (χ4n) is 5.93. The van der Waals surface area contributed by atoms with Crippen LogP contribution in [0.3, 0.4) is 0 Å². The first-order chi connectivity index (χ1) is 17.8. The molecule has 2 aliphatic carbocycles. The molecule has 0 radical (unpaired) electrons. The molecule has 7 rings (SSSR count). The molecule has 3 aromatic heterocycles. The molecule has 1 aromatic carbocycles. The molecule has 3 aliphatic rings. The fourth-order valence-corrected chi connectivity index (χ4v) is 5.93. The van der Waals surface area contributed by atoms with E-state index in [4.69, 9.17) is 15.6 Å². The van der Waals surface area contributed by atoms with Gasteiger partial charge in [0, 0.05) is 47.6 Å². The van der Waals surface area contributed by atoms with E-state index in [-0.39, 0.29) is 23.6 Å². The standard InChI is InChI=1S/C26H23F2N7O2/c1-34-18-8-15(20-14(23(34)36)4-2-5-19(20)37-25(27)28)21-17-9-16(32-12-35(17)33-22(18)21)13-10-30-24(31-11-13)26(29)6-3-7-26/h2,4-5,9-12,15,18,25H,3,6-8,29H2,1H3/t15-,18-/m1/s1. The molecule has 9 nitrogen and oxygen atoms in total. The Morgan fingerprint density at radius 3 is 2.65 bits per heavy atom. The molecule has 1 fully saturated rings. The number of alkyl halides is 2. The summed E-state index contributed by atoms with van der Waals surface area (Å²) in [7, 11) is 1.72. The Labute approximate surface area is 210 Å². The molecular formula is C26H23F2N7O2. The van der Waals surface area contributed by atoms with Gasteiger partial charge in [-0.2, -0.15) is 13.9 Å². The minimum Gasteiger partial charge on any atom is -0.434 e. The van der Waals surface area contributed by atoms with Crippen molar-refractivity contribution in [2.24, 2.45) is 5.73 Å². The minimum atomic E-state index is -3.01. The molecule has 11 heteroatoms. The normalized spacial score (nSPS) is 21.5. The molecule has 0 spiro atoms. The number of ether oxygens (including phenoxy) is 1. The summed E-state index contributed by atoms with van der Waals surface area (Å²) in [4.78, 5) is 28.5. The second kappa shape index (κ2) is 7.75. The molecule has 1 saturated carbocycles. The zero-order valence-electron chi connectivity index (χ0n) is 19.9. The number of hydrogen-bond acceptors (Lipinski definition) is 7. The average Bonchev–Trinajstić information content (AvgIpc) is 3.40. The molecule has 37 heavy (non-hydrogen) atoms. The predicted octanol–water partition coefficient (Wildman–Crippen LogP) is 3.79. The number of rotatable bonds is 4. The lowest BCUT2D eigenvalue weighted by atomic mass is 9.77. The van der Waals surface area contributed by atoms with Crippen LogP contribution in [0.25, 0.3) is 16.8 Å². The molecule has 188 valence electrons. The van der Waals surface area contributed by atoms with Crippen LogP contribution in [0.4, 0.5) is 8.78 Å². The van der Waals surface area contributed by atoms with Crippen molar-refractivity contribution in [3.05, 3.63) is 71.2 Å². The number of hydrogen-bond donors (Lipinski definition) is 1. The SMILES string of the molecule is CN1C(=O)c2cccc(OC(F)F)c2[C@H]2C[C@@H]1c1nn3cnc(-c4cnc(C5(N)CCC5)nc4)cc3c12. The molecule has 4 aromatic rings. The van der Waals surface area contributed by atoms with E-state index in [2.05, 4.69) is 15.0 Å². The Bertz CT molecular complexity index is 1570. The Balaban J connectivity index is 1.37. The van der Waals surface area contributed by atoms with Crippen molar-refractivity contribution in [3.8, 4) is 17.0 Å². The average molecular weight is 504 g/mol. The van der Waals surface area contributed by atoms with Gasteiger partial charge in [-0.05, 0) is 43.9 Å². The molecule has 4 heterocycles. The maximum absolute atomic E-state index is 13.3. The van der Waals surface area contributed by atoms with Gasteiger partial charge < -0.3 is 15.4 Å². The zero-order valence-corrected chi connectivity index (χ0v) is 19.9. The molecule has 0 unspecified atom stereocenters. The number of fused-ring (bicyclic) bond motifs is 9. The Morgan fingerprint density at radius 2 is 1.95 bits per heavy atom. The zero-order chi connectivity index (χ0) is 25.5. The number of nitrogens with zero attached hydrogens (tertiary/aromatic N) is 6. The highest BCUT2D eigenvalue weighted by atomic mass is 19.3. The number of amides is 1. The van der Waals surface area contributed by atoms with Gasteiger partial charge in [0.15, 0.2) is 0 Å². The molecule has 1 aliphatic heterocycles. The summed E-state index contributed by atoms with van der Waals surface area (Å²) in [5.41, 5.74) is 10.5. The Hall–Kier alpha value is -3.99. The van der Waals surface area contributed by atoms with Crippen LogP contribution in [0.15, 0.2) is 43.0 Å². The van der Waals surface area contributed by atoms with E-state index in [0.29, 0.717) is 29.1 Å². The second-order valence-corrected chi connectivity index (χ2v) is 10.0. The molecule has 2 atom stereocenters. The van der Waals surface area contributed by atoms with Gasteiger partial charge in [-0.15, -0.1) is 0 Å². The van der Waals surface area contributed by atoms with E-state index in [1.807, 2.05) is 6.07 Å². The molecular weight excluding hydrogens is 480 g/mol. The molecule has 2 N–H and O–H groups in total. The van der Waals surface area contributed by atoms with Crippen molar-refractivity contribution < 1.29 is 18.3 Å². The largest absolute Gasteiger partial charge is 0.434 e. The number of aromatic nitrogens is 5. The van der Waals surface area contributed by atoms with Gasteiger partial charge >= 0.3 is 6.61 Å². The van der Waals surface area contributed by atoms with Crippen LogP contribution in [-0.4, -0.2) is 49.0 Å². The highest BCUT2D eigenvalue weighted by Crippen LogP contribution is 2.53. The summed E-state index contributed by atoms with van der Waals surface area (Å²) in [6, 6.07) is 6.32. The summed E-state index contributed by atoms with van der Waals surface area (Å²) in [5, 5.41) is 4.75. The first kappa shape index (κ1) is 22.2. The fraction of sp³-hybridized carbons (Fsp3) is 0.346. The summed E-state index contributed by atoms with van der Waals surface area (Å²) in [6.45, 7) is -3.01. The monoisotopic (exact) mass is 503 g/mol. The summed E-state index contributed by atoms with van der Waals surface area (Å²) in [5.74, 6) is 0.0536. The first-order valence-electron chi connectivity index (χ1n) is 12.2. The van der Waals surface area contributed by atoms with Crippen molar-refractivity contribution in [1.82, 2.24) is 29.5 Å². The van der Waals surface area contributed by atoms with Gasteiger partial charge in [0.2, 0.25) is 0 Å². The van der Waals surface area contributed by atoms with Crippen molar-refractivity contribution >= 4 is 11.4 Å². The van der Waals surface area contributed by atoms with Crippen LogP contribution >= 0.6 is 0 Å². The summed E-state index contributed by atoms with van der Waals surface area (Å²) < 4.78 is 33.2. The van der Waals surface area contributed by atoms with Gasteiger partial charge in [0.05, 0.1) is 28.5 Å². The highest BCUT2D eigenvalue weighted by Gasteiger charge is 2.46. The Kier molecular flexibility index (Phi) is 4.66.